The number of hydrogen-bond acceptors (Lipinski definition) is 8. The molecule has 0 unspecified atom stereocenters. The summed E-state index contributed by atoms with van der Waals surface area (Å²) in [6, 6.07) is 7.33. The molecule has 34 heavy (non-hydrogen) atoms. The zero-order valence-corrected chi connectivity index (χ0v) is 18.6. The number of hydrazone groups is 1. The van der Waals surface area contributed by atoms with Crippen LogP contribution in [0.4, 0.5) is 19.0 Å². The molecule has 1 aliphatic heterocycles. The summed E-state index contributed by atoms with van der Waals surface area (Å²) in [6.45, 7) is 3.09. The highest BCUT2D eigenvalue weighted by atomic mass is 19.4. The zero-order chi connectivity index (χ0) is 24.0. The third-order valence-electron chi connectivity index (χ3n) is 5.43. The average molecular weight is 470 g/mol. The number of nitrogens with zero attached hydrogens (tertiary/aromatic N) is 6. The van der Waals surface area contributed by atoms with Crippen LogP contribution in [0.25, 0.3) is 33.9 Å². The molecule has 3 aromatic heterocycles. The SMILES string of the molecule is CCNc1cc(-c2c(C3=NNCN3C)cnn2C)cc(-c2nc3cccc(C(F)(F)F)c3o2)n1. The maximum absolute atomic E-state index is 13.5. The molecule has 0 atom stereocenters. The van der Waals surface area contributed by atoms with Gasteiger partial charge in [-0.15, -0.1) is 0 Å². The van der Waals surface area contributed by atoms with Crippen LogP contribution in [0.2, 0.25) is 0 Å². The van der Waals surface area contributed by atoms with Gasteiger partial charge < -0.3 is 14.6 Å². The van der Waals surface area contributed by atoms with Gasteiger partial charge in [0.05, 0.1) is 17.5 Å². The van der Waals surface area contributed by atoms with E-state index in [1.165, 1.54) is 12.1 Å². The Kier molecular flexibility index (Phi) is 5.14. The molecule has 176 valence electrons. The Hall–Kier alpha value is -4.09. The van der Waals surface area contributed by atoms with E-state index in [2.05, 4.69) is 30.9 Å². The van der Waals surface area contributed by atoms with Gasteiger partial charge in [-0.1, -0.05) is 6.07 Å². The summed E-state index contributed by atoms with van der Waals surface area (Å²) in [4.78, 5) is 10.8. The number of pyridine rings is 1. The monoisotopic (exact) mass is 470 g/mol. The predicted octanol–water partition coefficient (Wildman–Crippen LogP) is 3.90. The fraction of sp³-hybridized carbons (Fsp3) is 0.273. The Bertz CT molecular complexity index is 1410. The summed E-state index contributed by atoms with van der Waals surface area (Å²) in [7, 11) is 3.72. The van der Waals surface area contributed by atoms with Gasteiger partial charge in [0.15, 0.2) is 11.4 Å². The molecule has 0 saturated heterocycles. The third-order valence-corrected chi connectivity index (χ3v) is 5.43. The van der Waals surface area contributed by atoms with Crippen molar-refractivity contribution in [1.82, 2.24) is 30.1 Å². The lowest BCUT2D eigenvalue weighted by Crippen LogP contribution is -2.25. The summed E-state index contributed by atoms with van der Waals surface area (Å²) >= 11 is 0. The van der Waals surface area contributed by atoms with E-state index in [0.717, 1.165) is 28.7 Å². The second-order valence-corrected chi connectivity index (χ2v) is 7.81. The lowest BCUT2D eigenvalue weighted by Gasteiger charge is -2.14. The number of alkyl halides is 3. The van der Waals surface area contributed by atoms with E-state index >= 15 is 0 Å². The van der Waals surface area contributed by atoms with Gasteiger partial charge in [0.2, 0.25) is 5.89 Å². The normalized spacial score (nSPS) is 13.9. The van der Waals surface area contributed by atoms with Gasteiger partial charge in [0, 0.05) is 26.2 Å². The van der Waals surface area contributed by atoms with E-state index in [0.29, 0.717) is 24.7 Å². The van der Waals surface area contributed by atoms with Gasteiger partial charge in [-0.25, -0.2) is 9.97 Å². The van der Waals surface area contributed by atoms with Crippen LogP contribution in [0.3, 0.4) is 0 Å². The van der Waals surface area contributed by atoms with Crippen LogP contribution >= 0.6 is 0 Å². The molecule has 0 aliphatic carbocycles. The number of benzene rings is 1. The van der Waals surface area contributed by atoms with Crippen LogP contribution in [-0.4, -0.2) is 50.7 Å². The van der Waals surface area contributed by atoms with Crippen molar-refractivity contribution < 1.29 is 17.6 Å². The Morgan fingerprint density at radius 1 is 1.18 bits per heavy atom. The number of fused-ring (bicyclic) bond motifs is 1. The van der Waals surface area contributed by atoms with Crippen LogP contribution in [0.5, 0.6) is 0 Å². The molecule has 12 heteroatoms. The highest BCUT2D eigenvalue weighted by Gasteiger charge is 2.35. The molecular weight excluding hydrogens is 449 g/mol. The van der Waals surface area contributed by atoms with Crippen molar-refractivity contribution in [3.8, 4) is 22.8 Å². The second kappa shape index (κ2) is 8.04. The molecule has 4 heterocycles. The van der Waals surface area contributed by atoms with E-state index in [4.69, 9.17) is 4.42 Å². The predicted molar refractivity (Wildman–Crippen MR) is 121 cm³/mol. The van der Waals surface area contributed by atoms with Gasteiger partial charge in [0.25, 0.3) is 0 Å². The maximum atomic E-state index is 13.5. The number of halogens is 3. The summed E-state index contributed by atoms with van der Waals surface area (Å²) in [5.74, 6) is 1.25. The Balaban J connectivity index is 1.68. The minimum absolute atomic E-state index is 0.00610. The van der Waals surface area contributed by atoms with E-state index in [9.17, 15) is 13.2 Å². The molecule has 0 fully saturated rings. The summed E-state index contributed by atoms with van der Waals surface area (Å²) in [5.41, 5.74) is 4.45. The lowest BCUT2D eigenvalue weighted by molar-refractivity contribution is -0.136. The third kappa shape index (κ3) is 3.70. The van der Waals surface area contributed by atoms with Crippen LogP contribution in [-0.2, 0) is 13.2 Å². The molecule has 0 saturated carbocycles. The van der Waals surface area contributed by atoms with Crippen molar-refractivity contribution in [2.75, 3.05) is 25.6 Å². The Morgan fingerprint density at radius 2 is 2.00 bits per heavy atom. The molecule has 9 nitrogen and oxygen atoms in total. The van der Waals surface area contributed by atoms with Crippen LogP contribution in [0.15, 0.2) is 46.0 Å². The molecule has 0 spiro atoms. The number of amidine groups is 1. The van der Waals surface area contributed by atoms with Crippen molar-refractivity contribution in [3.05, 3.63) is 47.7 Å². The quantitative estimate of drug-likeness (QED) is 0.457. The number of aryl methyl sites for hydroxylation is 1. The topological polar surface area (TPSA) is 96.4 Å². The molecule has 2 N–H and O–H groups in total. The van der Waals surface area contributed by atoms with E-state index < -0.39 is 11.7 Å². The molecule has 0 amide bonds. The molecular formula is C22H21F3N8O. The fourth-order valence-electron chi connectivity index (χ4n) is 3.92. The van der Waals surface area contributed by atoms with Gasteiger partial charge in [-0.3, -0.25) is 10.1 Å². The second-order valence-electron chi connectivity index (χ2n) is 7.81. The molecule has 1 aliphatic rings. The first-order chi connectivity index (χ1) is 16.3. The Morgan fingerprint density at radius 3 is 2.71 bits per heavy atom. The number of para-hydroxylation sites is 1. The number of rotatable bonds is 5. The van der Waals surface area contributed by atoms with Crippen LogP contribution < -0.4 is 10.7 Å². The molecule has 1 aromatic carbocycles. The smallest absolute Gasteiger partial charge is 0.420 e. The molecule has 0 bridgehead atoms. The first-order valence-corrected chi connectivity index (χ1v) is 10.5. The summed E-state index contributed by atoms with van der Waals surface area (Å²) < 4.78 is 47.7. The van der Waals surface area contributed by atoms with Crippen molar-refractivity contribution in [3.63, 3.8) is 0 Å². The van der Waals surface area contributed by atoms with E-state index in [-0.39, 0.29) is 17.0 Å². The number of nitrogens with one attached hydrogen (secondary N) is 2. The van der Waals surface area contributed by atoms with E-state index in [1.54, 1.807) is 16.9 Å². The van der Waals surface area contributed by atoms with Crippen molar-refractivity contribution >= 4 is 22.8 Å². The minimum atomic E-state index is -4.56. The summed E-state index contributed by atoms with van der Waals surface area (Å²) in [6.07, 6.45) is -2.84. The van der Waals surface area contributed by atoms with Gasteiger partial charge >= 0.3 is 6.18 Å². The molecule has 0 radical (unpaired) electrons. The number of aromatic nitrogens is 4. The highest BCUT2D eigenvalue weighted by molar-refractivity contribution is 6.04. The first-order valence-electron chi connectivity index (χ1n) is 10.5. The van der Waals surface area contributed by atoms with Crippen LogP contribution in [0, 0.1) is 0 Å². The molecule has 4 aromatic rings. The maximum Gasteiger partial charge on any atom is 0.420 e. The van der Waals surface area contributed by atoms with E-state index in [1.807, 2.05) is 32.0 Å². The van der Waals surface area contributed by atoms with Crippen molar-refractivity contribution in [2.45, 2.75) is 13.1 Å². The minimum Gasteiger partial charge on any atom is -0.434 e. The van der Waals surface area contributed by atoms with Crippen LogP contribution in [0.1, 0.15) is 18.1 Å². The summed E-state index contributed by atoms with van der Waals surface area (Å²) in [5, 5.41) is 11.9. The van der Waals surface area contributed by atoms with Gasteiger partial charge in [-0.05, 0) is 31.2 Å². The van der Waals surface area contributed by atoms with Crippen molar-refractivity contribution in [2.24, 2.45) is 12.1 Å². The number of anilines is 1. The standard InChI is InChI=1S/C22H21F3N8O/c1-4-26-17-9-12(18-13(10-28-33(18)3)20-31-27-11-32(20)2)8-16(29-17)21-30-15-7-5-6-14(19(15)34-21)22(23,24)25/h5-10,27H,4,11H2,1-3H3,(H,26,29). The van der Waals surface area contributed by atoms with Gasteiger partial charge in [-0.2, -0.15) is 23.4 Å². The average Bonchev–Trinajstić information content (AvgIpc) is 3.50. The van der Waals surface area contributed by atoms with Gasteiger partial charge in [0.1, 0.15) is 29.3 Å². The number of hydrogen-bond donors (Lipinski definition) is 2. The Labute approximate surface area is 192 Å². The lowest BCUT2D eigenvalue weighted by atomic mass is 10.1. The first kappa shape index (κ1) is 21.7. The highest BCUT2D eigenvalue weighted by Crippen LogP contribution is 2.37. The fourth-order valence-corrected chi connectivity index (χ4v) is 3.92. The largest absolute Gasteiger partial charge is 0.434 e. The van der Waals surface area contributed by atoms with Crippen molar-refractivity contribution in [1.29, 1.82) is 0 Å². The molecule has 5 rings (SSSR count). The number of oxazole rings is 1. The zero-order valence-electron chi connectivity index (χ0n) is 18.6.